The summed E-state index contributed by atoms with van der Waals surface area (Å²) < 4.78 is 5.13. The molecule has 2 heteroatoms. The maximum Gasteiger partial charge on any atom is 0.306 e. The fourth-order valence-electron chi connectivity index (χ4n) is 1.15. The van der Waals surface area contributed by atoms with Gasteiger partial charge in [0.05, 0.1) is 0 Å². The van der Waals surface area contributed by atoms with Crippen LogP contribution >= 0.6 is 0 Å². The molecule has 0 rings (SSSR count). The van der Waals surface area contributed by atoms with Crippen LogP contribution in [0.3, 0.4) is 0 Å². The number of hydrogen-bond donors (Lipinski definition) is 0. The molecule has 90 valence electrons. The molecule has 0 fully saturated rings. The lowest BCUT2D eigenvalue weighted by atomic mass is 10.2. The average molecular weight is 222 g/mol. The number of hydrogen-bond acceptors (Lipinski definition) is 2. The molecule has 16 heavy (non-hydrogen) atoms. The first-order valence-electron chi connectivity index (χ1n) is 5.84. The quantitative estimate of drug-likeness (QED) is 0.355. The fraction of sp³-hybridized carbons (Fsp3) is 0.500. The third-order valence-electron chi connectivity index (χ3n) is 2.15. The van der Waals surface area contributed by atoms with E-state index < -0.39 is 0 Å². The Balaban J connectivity index is 3.84. The van der Waals surface area contributed by atoms with Gasteiger partial charge in [-0.3, -0.25) is 4.79 Å². The number of rotatable bonds is 8. The van der Waals surface area contributed by atoms with Crippen molar-refractivity contribution in [1.29, 1.82) is 0 Å². The molecule has 0 atom stereocenters. The van der Waals surface area contributed by atoms with Crippen molar-refractivity contribution in [2.24, 2.45) is 0 Å². The molecule has 2 nitrogen and oxygen atoms in total. The molecule has 0 aliphatic rings. The maximum absolute atomic E-state index is 11.3. The van der Waals surface area contributed by atoms with Gasteiger partial charge in [0.2, 0.25) is 0 Å². The van der Waals surface area contributed by atoms with E-state index in [1.807, 2.05) is 25.2 Å². The van der Waals surface area contributed by atoms with Crippen molar-refractivity contribution >= 4 is 5.97 Å². The van der Waals surface area contributed by atoms with Crippen LogP contribution in [0, 0.1) is 0 Å². The predicted octanol–water partition coefficient (Wildman–Crippen LogP) is 3.80. The van der Waals surface area contributed by atoms with Crippen LogP contribution in [0.1, 0.15) is 39.5 Å². The first-order valence-corrected chi connectivity index (χ1v) is 5.84. The summed E-state index contributed by atoms with van der Waals surface area (Å²) in [5.41, 5.74) is 0.918. The van der Waals surface area contributed by atoms with Crippen molar-refractivity contribution in [1.82, 2.24) is 0 Å². The molecule has 0 N–H and O–H groups in total. The standard InChI is InChI=1S/C14H22O2/c1-4-7-9-11-14(15)16-12-13(6-3)10-8-5-2/h5-6,8,10H,3-4,7,9,11-12H2,1-2H3/b8-5-,13-10+. The highest BCUT2D eigenvalue weighted by atomic mass is 16.5. The molecule has 0 spiro atoms. The second kappa shape index (κ2) is 10.2. The van der Waals surface area contributed by atoms with Crippen molar-refractivity contribution in [2.75, 3.05) is 6.61 Å². The summed E-state index contributed by atoms with van der Waals surface area (Å²) in [6, 6.07) is 0. The number of unbranched alkanes of at least 4 members (excludes halogenated alkanes) is 2. The summed E-state index contributed by atoms with van der Waals surface area (Å²) in [4.78, 5) is 11.3. The zero-order valence-electron chi connectivity index (χ0n) is 10.4. The molecule has 0 aromatic rings. The lowest BCUT2D eigenvalue weighted by molar-refractivity contribution is -0.142. The molecule has 0 amide bonds. The summed E-state index contributed by atoms with van der Waals surface area (Å²) in [7, 11) is 0. The minimum atomic E-state index is -0.123. The molecule has 0 radical (unpaired) electrons. The van der Waals surface area contributed by atoms with Crippen LogP contribution in [-0.2, 0) is 9.53 Å². The summed E-state index contributed by atoms with van der Waals surface area (Å²) >= 11 is 0. The molecule has 0 saturated carbocycles. The molecule has 0 unspecified atom stereocenters. The normalized spacial score (nSPS) is 11.8. The summed E-state index contributed by atoms with van der Waals surface area (Å²) in [6.45, 7) is 8.04. The molecule has 0 bridgehead atoms. The van der Waals surface area contributed by atoms with Gasteiger partial charge in [0.25, 0.3) is 0 Å². The molecule has 0 aliphatic heterocycles. The van der Waals surface area contributed by atoms with Crippen LogP contribution in [0.25, 0.3) is 0 Å². The van der Waals surface area contributed by atoms with Gasteiger partial charge in [-0.05, 0) is 18.9 Å². The zero-order valence-corrected chi connectivity index (χ0v) is 10.4. The number of ether oxygens (including phenoxy) is 1. The number of allylic oxidation sites excluding steroid dienone is 3. The van der Waals surface area contributed by atoms with Crippen LogP contribution < -0.4 is 0 Å². The molecule has 0 aromatic heterocycles. The second-order valence-electron chi connectivity index (χ2n) is 3.59. The van der Waals surface area contributed by atoms with Gasteiger partial charge in [-0.1, -0.05) is 50.6 Å². The van der Waals surface area contributed by atoms with E-state index in [4.69, 9.17) is 4.74 Å². The van der Waals surface area contributed by atoms with Gasteiger partial charge < -0.3 is 4.74 Å². The fourth-order valence-corrected chi connectivity index (χ4v) is 1.15. The Labute approximate surface area is 98.7 Å². The monoisotopic (exact) mass is 222 g/mol. The SMILES string of the molecule is C=C/C(=C\C=C/C)COC(=O)CCCCC. The maximum atomic E-state index is 11.3. The lowest BCUT2D eigenvalue weighted by Crippen LogP contribution is -2.06. The van der Waals surface area contributed by atoms with Crippen molar-refractivity contribution in [3.05, 3.63) is 36.5 Å². The molecular weight excluding hydrogens is 200 g/mol. The van der Waals surface area contributed by atoms with Gasteiger partial charge in [0.15, 0.2) is 0 Å². The van der Waals surface area contributed by atoms with E-state index in [0.29, 0.717) is 13.0 Å². The minimum absolute atomic E-state index is 0.123. The highest BCUT2D eigenvalue weighted by Crippen LogP contribution is 2.03. The van der Waals surface area contributed by atoms with Crippen LogP contribution in [0.2, 0.25) is 0 Å². The first-order chi connectivity index (χ1) is 7.74. The third kappa shape index (κ3) is 8.04. The van der Waals surface area contributed by atoms with Gasteiger partial charge in [0, 0.05) is 6.42 Å². The smallest absolute Gasteiger partial charge is 0.306 e. The number of carbonyl (C=O) groups is 1. The van der Waals surface area contributed by atoms with E-state index in [1.165, 1.54) is 0 Å². The van der Waals surface area contributed by atoms with Crippen molar-refractivity contribution in [3.8, 4) is 0 Å². The molecule has 0 saturated heterocycles. The molecule has 0 aromatic carbocycles. The van der Waals surface area contributed by atoms with Gasteiger partial charge in [-0.15, -0.1) is 0 Å². The van der Waals surface area contributed by atoms with Crippen LogP contribution in [0.15, 0.2) is 36.5 Å². The van der Waals surface area contributed by atoms with E-state index in [-0.39, 0.29) is 5.97 Å². The predicted molar refractivity (Wildman–Crippen MR) is 68.2 cm³/mol. The lowest BCUT2D eigenvalue weighted by Gasteiger charge is -2.04. The van der Waals surface area contributed by atoms with Crippen molar-refractivity contribution in [2.45, 2.75) is 39.5 Å². The van der Waals surface area contributed by atoms with E-state index in [1.54, 1.807) is 6.08 Å². The van der Waals surface area contributed by atoms with Gasteiger partial charge in [-0.25, -0.2) is 0 Å². The van der Waals surface area contributed by atoms with Crippen LogP contribution in [-0.4, -0.2) is 12.6 Å². The Morgan fingerprint density at radius 1 is 1.38 bits per heavy atom. The summed E-state index contributed by atoms with van der Waals surface area (Å²) in [5.74, 6) is -0.123. The second-order valence-corrected chi connectivity index (χ2v) is 3.59. The van der Waals surface area contributed by atoms with Gasteiger partial charge >= 0.3 is 5.97 Å². The highest BCUT2D eigenvalue weighted by Gasteiger charge is 2.02. The van der Waals surface area contributed by atoms with Crippen LogP contribution in [0.5, 0.6) is 0 Å². The van der Waals surface area contributed by atoms with Crippen molar-refractivity contribution in [3.63, 3.8) is 0 Å². The van der Waals surface area contributed by atoms with E-state index >= 15 is 0 Å². The molecular formula is C14H22O2. The molecule has 0 heterocycles. The molecule has 0 aliphatic carbocycles. The Morgan fingerprint density at radius 2 is 2.12 bits per heavy atom. The Bertz CT molecular complexity index is 262. The van der Waals surface area contributed by atoms with Gasteiger partial charge in [0.1, 0.15) is 6.61 Å². The van der Waals surface area contributed by atoms with Crippen LogP contribution in [0.4, 0.5) is 0 Å². The summed E-state index contributed by atoms with van der Waals surface area (Å²) in [6.07, 6.45) is 11.1. The first kappa shape index (κ1) is 14.7. The van der Waals surface area contributed by atoms with E-state index in [2.05, 4.69) is 13.5 Å². The Kier molecular flexibility index (Phi) is 9.38. The number of carbonyl (C=O) groups excluding carboxylic acids is 1. The highest BCUT2D eigenvalue weighted by molar-refractivity contribution is 5.69. The Hall–Kier alpha value is -1.31. The average Bonchev–Trinajstić information content (AvgIpc) is 2.30. The van der Waals surface area contributed by atoms with E-state index in [0.717, 1.165) is 24.8 Å². The Morgan fingerprint density at radius 3 is 2.69 bits per heavy atom. The van der Waals surface area contributed by atoms with E-state index in [9.17, 15) is 4.79 Å². The van der Waals surface area contributed by atoms with Crippen molar-refractivity contribution < 1.29 is 9.53 Å². The zero-order chi connectivity index (χ0) is 12.2. The third-order valence-corrected chi connectivity index (χ3v) is 2.15. The topological polar surface area (TPSA) is 26.3 Å². The minimum Gasteiger partial charge on any atom is -0.461 e. The largest absolute Gasteiger partial charge is 0.461 e. The van der Waals surface area contributed by atoms with Gasteiger partial charge in [-0.2, -0.15) is 0 Å². The summed E-state index contributed by atoms with van der Waals surface area (Å²) in [5, 5.41) is 0. The number of esters is 1.